The van der Waals surface area contributed by atoms with E-state index >= 15 is 0 Å². The average Bonchev–Trinajstić information content (AvgIpc) is 2.62. The number of hydrogen-bond acceptors (Lipinski definition) is 7. The standard InChI is InChI=1S/C21H26O7/c1-6-11(2)20(24)27-18-16-14(28-21(4,5)19(18)25-12(3)22)9-7-13-8-10-15(23)26-17(13)16/h6,18-19H,7-10H2,1-5H3/b11-6+/t18-,19-/m1/s1. The Morgan fingerprint density at radius 3 is 2.43 bits per heavy atom. The van der Waals surface area contributed by atoms with Crippen molar-refractivity contribution in [3.05, 3.63) is 34.3 Å². The van der Waals surface area contributed by atoms with Crippen molar-refractivity contribution >= 4 is 17.9 Å². The lowest BCUT2D eigenvalue weighted by Crippen LogP contribution is -2.55. The Kier molecular flexibility index (Phi) is 5.37. The van der Waals surface area contributed by atoms with Gasteiger partial charge in [0.1, 0.15) is 17.1 Å². The molecule has 2 heterocycles. The highest BCUT2D eigenvalue weighted by Gasteiger charge is 2.52. The maximum Gasteiger partial charge on any atom is 0.334 e. The van der Waals surface area contributed by atoms with Gasteiger partial charge in [-0.3, -0.25) is 9.59 Å². The molecule has 152 valence electrons. The van der Waals surface area contributed by atoms with Gasteiger partial charge in [0.2, 0.25) is 0 Å². The minimum atomic E-state index is -0.929. The van der Waals surface area contributed by atoms with Crippen molar-refractivity contribution in [1.82, 2.24) is 0 Å². The maximum atomic E-state index is 12.6. The lowest BCUT2D eigenvalue weighted by atomic mass is 9.81. The molecule has 0 aromatic rings. The molecule has 0 saturated carbocycles. The van der Waals surface area contributed by atoms with Gasteiger partial charge in [-0.1, -0.05) is 6.08 Å². The van der Waals surface area contributed by atoms with Gasteiger partial charge in [0, 0.05) is 25.3 Å². The van der Waals surface area contributed by atoms with Crippen molar-refractivity contribution in [3.8, 4) is 0 Å². The second-order valence-electron chi connectivity index (χ2n) is 7.78. The summed E-state index contributed by atoms with van der Waals surface area (Å²) >= 11 is 0. The Labute approximate surface area is 164 Å². The van der Waals surface area contributed by atoms with Gasteiger partial charge in [-0.15, -0.1) is 0 Å². The minimum absolute atomic E-state index is 0.323. The molecule has 3 aliphatic rings. The fraction of sp³-hybridized carbons (Fsp3) is 0.571. The van der Waals surface area contributed by atoms with Crippen LogP contribution in [0.3, 0.4) is 0 Å². The number of esters is 3. The van der Waals surface area contributed by atoms with E-state index in [9.17, 15) is 14.4 Å². The molecule has 0 saturated heterocycles. The fourth-order valence-electron chi connectivity index (χ4n) is 3.73. The Morgan fingerprint density at radius 1 is 1.11 bits per heavy atom. The number of rotatable bonds is 3. The van der Waals surface area contributed by atoms with Crippen LogP contribution in [-0.2, 0) is 33.3 Å². The molecule has 0 radical (unpaired) electrons. The van der Waals surface area contributed by atoms with Crippen molar-refractivity contribution in [1.29, 1.82) is 0 Å². The van der Waals surface area contributed by atoms with E-state index in [2.05, 4.69) is 0 Å². The summed E-state index contributed by atoms with van der Waals surface area (Å²) in [6, 6.07) is 0. The SMILES string of the molecule is C/C=C(\C)C(=O)O[C@@H]1C2=C(CCC3=C2OC(=O)CC3)OC(C)(C)[C@@H]1OC(C)=O. The van der Waals surface area contributed by atoms with Gasteiger partial charge in [0.05, 0.1) is 5.57 Å². The monoisotopic (exact) mass is 390 g/mol. The summed E-state index contributed by atoms with van der Waals surface area (Å²) in [7, 11) is 0. The number of fused-ring (bicyclic) bond motifs is 1. The zero-order chi connectivity index (χ0) is 20.6. The highest BCUT2D eigenvalue weighted by Crippen LogP contribution is 2.46. The summed E-state index contributed by atoms with van der Waals surface area (Å²) in [6.45, 7) is 8.25. The van der Waals surface area contributed by atoms with Crippen LogP contribution >= 0.6 is 0 Å². The maximum absolute atomic E-state index is 12.6. The zero-order valence-electron chi connectivity index (χ0n) is 16.9. The zero-order valence-corrected chi connectivity index (χ0v) is 16.9. The second-order valence-corrected chi connectivity index (χ2v) is 7.78. The molecule has 7 nitrogen and oxygen atoms in total. The van der Waals surface area contributed by atoms with E-state index in [0.29, 0.717) is 48.3 Å². The summed E-state index contributed by atoms with van der Waals surface area (Å²) in [5, 5.41) is 0. The van der Waals surface area contributed by atoms with Gasteiger partial charge < -0.3 is 18.9 Å². The van der Waals surface area contributed by atoms with Crippen LogP contribution in [0.15, 0.2) is 34.3 Å². The normalized spacial score (nSPS) is 26.6. The first-order valence-corrected chi connectivity index (χ1v) is 9.50. The number of carbonyl (C=O) groups excluding carboxylic acids is 3. The minimum Gasteiger partial charge on any atom is -0.488 e. The molecule has 28 heavy (non-hydrogen) atoms. The highest BCUT2D eigenvalue weighted by molar-refractivity contribution is 5.88. The predicted octanol–water partition coefficient (Wildman–Crippen LogP) is 3.24. The number of carbonyl (C=O) groups is 3. The number of allylic oxidation sites excluding steroid dienone is 3. The molecule has 0 aromatic carbocycles. The molecule has 0 bridgehead atoms. The van der Waals surface area contributed by atoms with E-state index in [1.54, 1.807) is 33.8 Å². The Bertz CT molecular complexity index is 813. The number of ether oxygens (including phenoxy) is 4. The van der Waals surface area contributed by atoms with Crippen LogP contribution in [0.4, 0.5) is 0 Å². The van der Waals surface area contributed by atoms with Crippen molar-refractivity contribution in [2.24, 2.45) is 0 Å². The Morgan fingerprint density at radius 2 is 1.79 bits per heavy atom. The van der Waals surface area contributed by atoms with Crippen molar-refractivity contribution in [2.75, 3.05) is 0 Å². The predicted molar refractivity (Wildman–Crippen MR) is 98.6 cm³/mol. The van der Waals surface area contributed by atoms with Gasteiger partial charge in [-0.25, -0.2) is 4.79 Å². The van der Waals surface area contributed by atoms with Crippen molar-refractivity contribution in [3.63, 3.8) is 0 Å². The average molecular weight is 390 g/mol. The van der Waals surface area contributed by atoms with Gasteiger partial charge in [-0.05, 0) is 46.1 Å². The van der Waals surface area contributed by atoms with Gasteiger partial charge in [0.25, 0.3) is 0 Å². The molecule has 0 amide bonds. The lowest BCUT2D eigenvalue weighted by Gasteiger charge is -2.46. The summed E-state index contributed by atoms with van der Waals surface area (Å²) in [6.07, 6.45) is 2.08. The first-order chi connectivity index (χ1) is 13.1. The summed E-state index contributed by atoms with van der Waals surface area (Å²) < 4.78 is 23.0. The third-order valence-corrected chi connectivity index (χ3v) is 5.28. The van der Waals surface area contributed by atoms with Crippen molar-refractivity contribution < 1.29 is 33.3 Å². The summed E-state index contributed by atoms with van der Waals surface area (Å²) in [4.78, 5) is 36.3. The molecule has 0 unspecified atom stereocenters. The van der Waals surface area contributed by atoms with Crippen LogP contribution in [0.5, 0.6) is 0 Å². The van der Waals surface area contributed by atoms with Gasteiger partial charge >= 0.3 is 17.9 Å². The van der Waals surface area contributed by atoms with E-state index in [-0.39, 0.29) is 5.97 Å². The van der Waals surface area contributed by atoms with E-state index in [4.69, 9.17) is 18.9 Å². The van der Waals surface area contributed by atoms with Crippen molar-refractivity contribution in [2.45, 2.75) is 78.1 Å². The molecule has 0 N–H and O–H groups in total. The van der Waals surface area contributed by atoms with E-state index < -0.39 is 29.7 Å². The van der Waals surface area contributed by atoms with E-state index in [1.165, 1.54) is 6.92 Å². The Balaban J connectivity index is 2.10. The second kappa shape index (κ2) is 7.45. The van der Waals surface area contributed by atoms with E-state index in [0.717, 1.165) is 5.57 Å². The molecule has 7 heteroatoms. The summed E-state index contributed by atoms with van der Waals surface area (Å²) in [5.41, 5.74) is 0.999. The van der Waals surface area contributed by atoms with Crippen LogP contribution in [-0.4, -0.2) is 35.7 Å². The molecule has 0 aromatic heterocycles. The fourth-order valence-corrected chi connectivity index (χ4v) is 3.73. The molecule has 3 rings (SSSR count). The third-order valence-electron chi connectivity index (χ3n) is 5.28. The smallest absolute Gasteiger partial charge is 0.334 e. The molecule has 1 aliphatic carbocycles. The molecule has 0 spiro atoms. The van der Waals surface area contributed by atoms with Gasteiger partial charge in [0.15, 0.2) is 12.2 Å². The molecular formula is C21H26O7. The molecule has 0 fully saturated rings. The van der Waals surface area contributed by atoms with Crippen LogP contribution < -0.4 is 0 Å². The lowest BCUT2D eigenvalue weighted by molar-refractivity contribution is -0.190. The van der Waals surface area contributed by atoms with Crippen LogP contribution in [0.1, 0.15) is 60.3 Å². The third kappa shape index (κ3) is 3.70. The largest absolute Gasteiger partial charge is 0.488 e. The highest BCUT2D eigenvalue weighted by atomic mass is 16.6. The molecular weight excluding hydrogens is 364 g/mol. The first-order valence-electron chi connectivity index (χ1n) is 9.50. The van der Waals surface area contributed by atoms with Crippen LogP contribution in [0.2, 0.25) is 0 Å². The first kappa shape index (κ1) is 20.2. The molecule has 2 aliphatic heterocycles. The van der Waals surface area contributed by atoms with E-state index in [1.807, 2.05) is 0 Å². The summed E-state index contributed by atoms with van der Waals surface area (Å²) in [5.74, 6) is -0.362. The number of hydrogen-bond donors (Lipinski definition) is 0. The van der Waals surface area contributed by atoms with Crippen LogP contribution in [0, 0.1) is 0 Å². The molecule has 2 atom stereocenters. The Hall–Kier alpha value is -2.57. The van der Waals surface area contributed by atoms with Crippen LogP contribution in [0.25, 0.3) is 0 Å². The van der Waals surface area contributed by atoms with Gasteiger partial charge in [-0.2, -0.15) is 0 Å². The topological polar surface area (TPSA) is 88.1 Å². The quantitative estimate of drug-likeness (QED) is 0.415.